The molecule has 1 N–H and O–H groups in total. The molecule has 0 fully saturated rings. The van der Waals surface area contributed by atoms with Gasteiger partial charge in [0.25, 0.3) is 5.91 Å². The molecule has 6 heteroatoms. The molecule has 6 nitrogen and oxygen atoms in total. The number of fused-ring (bicyclic) bond motifs is 1. The molecule has 1 amide bonds. The zero-order chi connectivity index (χ0) is 17.8. The Kier molecular flexibility index (Phi) is 4.97. The van der Waals surface area contributed by atoms with Crippen LogP contribution in [0.25, 0.3) is 0 Å². The van der Waals surface area contributed by atoms with E-state index >= 15 is 0 Å². The lowest BCUT2D eigenvalue weighted by atomic mass is 10.1. The summed E-state index contributed by atoms with van der Waals surface area (Å²) in [6.45, 7) is 2.15. The van der Waals surface area contributed by atoms with Gasteiger partial charge in [-0.25, -0.2) is 0 Å². The van der Waals surface area contributed by atoms with Gasteiger partial charge >= 0.3 is 0 Å². The van der Waals surface area contributed by atoms with Crippen LogP contribution in [0.2, 0.25) is 0 Å². The number of carbonyl (C=O) groups is 1. The van der Waals surface area contributed by atoms with Crippen molar-refractivity contribution < 1.29 is 23.7 Å². The van der Waals surface area contributed by atoms with Crippen LogP contribution in [-0.2, 0) is 6.42 Å². The number of ether oxygens (including phenoxy) is 4. The van der Waals surface area contributed by atoms with Crippen LogP contribution in [0.15, 0.2) is 36.4 Å². The van der Waals surface area contributed by atoms with Gasteiger partial charge < -0.3 is 24.3 Å². The molecule has 1 aliphatic heterocycles. The second-order valence-electron chi connectivity index (χ2n) is 5.84. The molecule has 0 spiro atoms. The molecule has 2 aromatic carbocycles. The van der Waals surface area contributed by atoms with Gasteiger partial charge in [0.1, 0.15) is 0 Å². The first-order valence-corrected chi connectivity index (χ1v) is 8.02. The average molecular weight is 343 g/mol. The molecule has 1 aliphatic rings. The third kappa shape index (κ3) is 3.79. The number of nitrogens with one attached hydrogen (secondary N) is 1. The third-order valence-electron chi connectivity index (χ3n) is 4.00. The van der Waals surface area contributed by atoms with Crippen molar-refractivity contribution >= 4 is 5.91 Å². The third-order valence-corrected chi connectivity index (χ3v) is 4.00. The van der Waals surface area contributed by atoms with E-state index in [9.17, 15) is 4.79 Å². The largest absolute Gasteiger partial charge is 0.493 e. The van der Waals surface area contributed by atoms with E-state index in [0.29, 0.717) is 35.0 Å². The van der Waals surface area contributed by atoms with Gasteiger partial charge in [-0.3, -0.25) is 4.79 Å². The van der Waals surface area contributed by atoms with Gasteiger partial charge in [-0.05, 0) is 49.2 Å². The van der Waals surface area contributed by atoms with Crippen LogP contribution >= 0.6 is 0 Å². The second kappa shape index (κ2) is 7.34. The predicted molar refractivity (Wildman–Crippen MR) is 92.7 cm³/mol. The van der Waals surface area contributed by atoms with Crippen molar-refractivity contribution in [1.82, 2.24) is 5.32 Å². The Morgan fingerprint density at radius 3 is 2.60 bits per heavy atom. The van der Waals surface area contributed by atoms with Crippen LogP contribution < -0.4 is 24.3 Å². The molecule has 0 unspecified atom stereocenters. The molecule has 1 heterocycles. The number of hydrogen-bond acceptors (Lipinski definition) is 5. The number of hydrogen-bond donors (Lipinski definition) is 1. The molecule has 0 bridgehead atoms. The molecule has 0 saturated carbocycles. The van der Waals surface area contributed by atoms with Crippen molar-refractivity contribution in [2.24, 2.45) is 0 Å². The molecule has 2 aromatic rings. The quantitative estimate of drug-likeness (QED) is 0.874. The Morgan fingerprint density at radius 1 is 1.08 bits per heavy atom. The van der Waals surface area contributed by atoms with E-state index in [1.165, 1.54) is 0 Å². The highest BCUT2D eigenvalue weighted by Gasteiger charge is 2.17. The van der Waals surface area contributed by atoms with E-state index in [0.717, 1.165) is 5.56 Å². The van der Waals surface area contributed by atoms with Crippen LogP contribution in [-0.4, -0.2) is 33.0 Å². The van der Waals surface area contributed by atoms with Crippen molar-refractivity contribution in [2.75, 3.05) is 21.0 Å². The lowest BCUT2D eigenvalue weighted by Crippen LogP contribution is -2.34. The summed E-state index contributed by atoms with van der Waals surface area (Å²) in [5.74, 6) is 2.47. The van der Waals surface area contributed by atoms with Crippen molar-refractivity contribution in [2.45, 2.75) is 19.4 Å². The van der Waals surface area contributed by atoms with Gasteiger partial charge in [0.15, 0.2) is 23.0 Å². The summed E-state index contributed by atoms with van der Waals surface area (Å²) < 4.78 is 21.1. The first-order chi connectivity index (χ1) is 12.1. The minimum atomic E-state index is -0.147. The summed E-state index contributed by atoms with van der Waals surface area (Å²) in [4.78, 5) is 12.4. The molecular weight excluding hydrogens is 322 g/mol. The minimum Gasteiger partial charge on any atom is -0.493 e. The van der Waals surface area contributed by atoms with Crippen LogP contribution in [0.3, 0.4) is 0 Å². The summed E-state index contributed by atoms with van der Waals surface area (Å²) in [5.41, 5.74) is 1.60. The normalized spacial score (nSPS) is 13.2. The van der Waals surface area contributed by atoms with E-state index in [2.05, 4.69) is 5.32 Å². The molecule has 0 saturated heterocycles. The topological polar surface area (TPSA) is 66.0 Å². The van der Waals surface area contributed by atoms with Gasteiger partial charge in [-0.1, -0.05) is 6.07 Å². The van der Waals surface area contributed by atoms with Crippen LogP contribution in [0.1, 0.15) is 22.8 Å². The standard InChI is InChI=1S/C19H21NO5/c1-12(8-13-4-6-15(22-2)17(9-13)23-3)20-19(21)14-5-7-16-18(10-14)25-11-24-16/h4-7,9-10,12H,8,11H2,1-3H3,(H,20,21)/t12-/m1/s1. The maximum Gasteiger partial charge on any atom is 0.251 e. The van der Waals surface area contributed by atoms with Crippen molar-refractivity contribution in [3.8, 4) is 23.0 Å². The fourth-order valence-electron chi connectivity index (χ4n) is 2.76. The van der Waals surface area contributed by atoms with E-state index in [4.69, 9.17) is 18.9 Å². The summed E-state index contributed by atoms with van der Waals surface area (Å²) in [7, 11) is 3.21. The molecule has 132 valence electrons. The zero-order valence-corrected chi connectivity index (χ0v) is 14.5. The number of benzene rings is 2. The summed E-state index contributed by atoms with van der Waals surface area (Å²) in [5, 5.41) is 2.99. The highest BCUT2D eigenvalue weighted by atomic mass is 16.7. The molecule has 1 atom stereocenters. The van der Waals surface area contributed by atoms with E-state index in [1.54, 1.807) is 32.4 Å². The number of amides is 1. The maximum atomic E-state index is 12.4. The van der Waals surface area contributed by atoms with Crippen molar-refractivity contribution in [3.05, 3.63) is 47.5 Å². The Bertz CT molecular complexity index is 774. The van der Waals surface area contributed by atoms with Crippen molar-refractivity contribution in [3.63, 3.8) is 0 Å². The van der Waals surface area contributed by atoms with Gasteiger partial charge in [0.05, 0.1) is 14.2 Å². The Morgan fingerprint density at radius 2 is 1.84 bits per heavy atom. The zero-order valence-electron chi connectivity index (χ0n) is 14.5. The van der Waals surface area contributed by atoms with Gasteiger partial charge in [-0.15, -0.1) is 0 Å². The summed E-state index contributed by atoms with van der Waals surface area (Å²) >= 11 is 0. The van der Waals surface area contributed by atoms with Crippen LogP contribution in [0, 0.1) is 0 Å². The number of methoxy groups -OCH3 is 2. The Hall–Kier alpha value is -2.89. The molecule has 0 radical (unpaired) electrons. The lowest BCUT2D eigenvalue weighted by Gasteiger charge is -2.15. The van der Waals surface area contributed by atoms with Crippen LogP contribution in [0.5, 0.6) is 23.0 Å². The van der Waals surface area contributed by atoms with Crippen LogP contribution in [0.4, 0.5) is 0 Å². The Labute approximate surface area is 146 Å². The molecule has 25 heavy (non-hydrogen) atoms. The Balaban J connectivity index is 1.64. The van der Waals surface area contributed by atoms with E-state index in [-0.39, 0.29) is 18.7 Å². The lowest BCUT2D eigenvalue weighted by molar-refractivity contribution is 0.0939. The first kappa shape index (κ1) is 17.0. The molecule has 0 aliphatic carbocycles. The summed E-state index contributed by atoms with van der Waals surface area (Å²) in [6.07, 6.45) is 0.677. The highest BCUT2D eigenvalue weighted by Crippen LogP contribution is 2.32. The minimum absolute atomic E-state index is 0.0453. The molecule has 3 rings (SSSR count). The molecule has 0 aromatic heterocycles. The second-order valence-corrected chi connectivity index (χ2v) is 5.84. The van der Waals surface area contributed by atoms with Crippen molar-refractivity contribution in [1.29, 1.82) is 0 Å². The van der Waals surface area contributed by atoms with Gasteiger partial charge in [-0.2, -0.15) is 0 Å². The first-order valence-electron chi connectivity index (χ1n) is 8.02. The highest BCUT2D eigenvalue weighted by molar-refractivity contribution is 5.95. The van der Waals surface area contributed by atoms with Gasteiger partial charge in [0, 0.05) is 11.6 Å². The fourth-order valence-corrected chi connectivity index (χ4v) is 2.76. The van der Waals surface area contributed by atoms with Gasteiger partial charge in [0.2, 0.25) is 6.79 Å². The van der Waals surface area contributed by atoms with E-state index < -0.39 is 0 Å². The fraction of sp³-hybridized carbons (Fsp3) is 0.316. The SMILES string of the molecule is COc1ccc(C[C@@H](C)NC(=O)c2ccc3c(c2)OCO3)cc1OC. The number of rotatable bonds is 6. The summed E-state index contributed by atoms with van der Waals surface area (Å²) in [6, 6.07) is 10.9. The predicted octanol–water partition coefficient (Wildman–Crippen LogP) is 2.79. The number of carbonyl (C=O) groups excluding carboxylic acids is 1. The molecular formula is C19H21NO5. The smallest absolute Gasteiger partial charge is 0.251 e. The monoisotopic (exact) mass is 343 g/mol. The maximum absolute atomic E-state index is 12.4. The van der Waals surface area contributed by atoms with E-state index in [1.807, 2.05) is 25.1 Å². The average Bonchev–Trinajstić information content (AvgIpc) is 3.09.